The predicted octanol–water partition coefficient (Wildman–Crippen LogP) is 2.04. The number of nitrogens with zero attached hydrogens (tertiary/aromatic N) is 2. The van der Waals surface area contributed by atoms with Crippen LogP contribution < -0.4 is 10.6 Å². The Bertz CT molecular complexity index is 807. The molecule has 2 aliphatic rings. The highest BCUT2D eigenvalue weighted by Gasteiger charge is 2.34. The summed E-state index contributed by atoms with van der Waals surface area (Å²) >= 11 is 0. The van der Waals surface area contributed by atoms with Gasteiger partial charge in [0.25, 0.3) is 5.91 Å². The maximum atomic E-state index is 13.3. The molecule has 7 heteroatoms. The van der Waals surface area contributed by atoms with Crippen LogP contribution in [-0.2, 0) is 0 Å². The van der Waals surface area contributed by atoms with Crippen molar-refractivity contribution in [2.45, 2.75) is 50.7 Å². The van der Waals surface area contributed by atoms with Crippen molar-refractivity contribution in [3.63, 3.8) is 0 Å². The SMILES string of the molecule is Cc1cc(F)ccc1-n1cc(O)c(C(=O)NC2CC3CCC(C2)N3)n1. The van der Waals surface area contributed by atoms with Crippen LogP contribution in [0.25, 0.3) is 5.69 Å². The first-order valence-corrected chi connectivity index (χ1v) is 8.61. The van der Waals surface area contributed by atoms with Crippen molar-refractivity contribution in [2.24, 2.45) is 0 Å². The maximum absolute atomic E-state index is 13.3. The molecule has 2 fully saturated rings. The van der Waals surface area contributed by atoms with E-state index in [0.29, 0.717) is 23.3 Å². The predicted molar refractivity (Wildman–Crippen MR) is 90.4 cm³/mol. The van der Waals surface area contributed by atoms with E-state index in [1.54, 1.807) is 13.0 Å². The number of aryl methyl sites for hydroxylation is 1. The van der Waals surface area contributed by atoms with Gasteiger partial charge in [-0.25, -0.2) is 9.07 Å². The number of nitrogens with one attached hydrogen (secondary N) is 2. The molecule has 4 rings (SSSR count). The zero-order valence-corrected chi connectivity index (χ0v) is 14.0. The Labute approximate surface area is 145 Å². The van der Waals surface area contributed by atoms with Gasteiger partial charge < -0.3 is 15.7 Å². The quantitative estimate of drug-likeness (QED) is 0.796. The largest absolute Gasteiger partial charge is 0.504 e. The van der Waals surface area contributed by atoms with Gasteiger partial charge in [0.05, 0.1) is 11.9 Å². The van der Waals surface area contributed by atoms with E-state index >= 15 is 0 Å². The first-order valence-electron chi connectivity index (χ1n) is 8.61. The molecule has 1 amide bonds. The summed E-state index contributed by atoms with van der Waals surface area (Å²) < 4.78 is 14.7. The maximum Gasteiger partial charge on any atom is 0.275 e. The second-order valence-corrected chi connectivity index (χ2v) is 7.02. The van der Waals surface area contributed by atoms with Crippen LogP contribution in [0.3, 0.4) is 0 Å². The van der Waals surface area contributed by atoms with Crippen LogP contribution in [0.1, 0.15) is 41.7 Å². The Morgan fingerprint density at radius 2 is 2.08 bits per heavy atom. The zero-order chi connectivity index (χ0) is 17.6. The number of aromatic nitrogens is 2. The monoisotopic (exact) mass is 344 g/mol. The Kier molecular flexibility index (Phi) is 3.95. The van der Waals surface area contributed by atoms with E-state index in [9.17, 15) is 14.3 Å². The van der Waals surface area contributed by atoms with Crippen LogP contribution in [0.5, 0.6) is 5.75 Å². The molecule has 2 unspecified atom stereocenters. The first-order chi connectivity index (χ1) is 12.0. The smallest absolute Gasteiger partial charge is 0.275 e. The van der Waals surface area contributed by atoms with Gasteiger partial charge in [-0.3, -0.25) is 4.79 Å². The lowest BCUT2D eigenvalue weighted by molar-refractivity contribution is 0.0916. The van der Waals surface area contributed by atoms with Crippen LogP contribution in [0, 0.1) is 12.7 Å². The molecule has 1 aromatic carbocycles. The Hall–Kier alpha value is -2.41. The third kappa shape index (κ3) is 3.11. The molecular formula is C18H21FN4O2. The minimum absolute atomic E-state index is 0.00500. The molecule has 2 aromatic rings. The molecule has 3 heterocycles. The molecule has 0 aliphatic carbocycles. The number of benzene rings is 1. The van der Waals surface area contributed by atoms with Gasteiger partial charge in [0.15, 0.2) is 11.4 Å². The molecule has 0 saturated carbocycles. The molecule has 132 valence electrons. The molecule has 2 atom stereocenters. The summed E-state index contributed by atoms with van der Waals surface area (Å²) in [6.45, 7) is 1.75. The van der Waals surface area contributed by atoms with Crippen LogP contribution >= 0.6 is 0 Å². The lowest BCUT2D eigenvalue weighted by Gasteiger charge is -2.29. The standard InChI is InChI=1S/C18H21FN4O2/c1-10-6-11(19)2-5-15(10)23-9-16(24)17(22-23)18(25)21-14-7-12-3-4-13(8-14)20-12/h2,5-6,9,12-14,20,24H,3-4,7-8H2,1H3,(H,21,25). The van der Waals surface area contributed by atoms with Crippen molar-refractivity contribution in [3.05, 3.63) is 41.5 Å². The molecule has 25 heavy (non-hydrogen) atoms. The third-order valence-corrected chi connectivity index (χ3v) is 5.12. The van der Waals surface area contributed by atoms with Gasteiger partial charge in [0, 0.05) is 18.1 Å². The number of rotatable bonds is 3. The number of amides is 1. The van der Waals surface area contributed by atoms with Gasteiger partial charge in [-0.1, -0.05) is 0 Å². The van der Waals surface area contributed by atoms with Crippen molar-refractivity contribution < 1.29 is 14.3 Å². The number of hydrogen-bond donors (Lipinski definition) is 3. The van der Waals surface area contributed by atoms with E-state index in [2.05, 4.69) is 15.7 Å². The summed E-state index contributed by atoms with van der Waals surface area (Å²) in [5.74, 6) is -0.892. The fourth-order valence-electron chi connectivity index (χ4n) is 3.95. The van der Waals surface area contributed by atoms with Crippen LogP contribution in [0.4, 0.5) is 4.39 Å². The normalized spacial score (nSPS) is 25.1. The van der Waals surface area contributed by atoms with Gasteiger partial charge in [-0.2, -0.15) is 5.10 Å². The number of carbonyl (C=O) groups excluding carboxylic acids is 1. The van der Waals surface area contributed by atoms with E-state index in [0.717, 1.165) is 25.7 Å². The molecule has 3 N–H and O–H groups in total. The second-order valence-electron chi connectivity index (χ2n) is 7.02. The van der Waals surface area contributed by atoms with Crippen molar-refractivity contribution in [1.29, 1.82) is 0 Å². The number of fused-ring (bicyclic) bond motifs is 2. The molecule has 0 radical (unpaired) electrons. The zero-order valence-electron chi connectivity index (χ0n) is 14.0. The highest BCUT2D eigenvalue weighted by atomic mass is 19.1. The summed E-state index contributed by atoms with van der Waals surface area (Å²) in [6, 6.07) is 5.32. The van der Waals surface area contributed by atoms with Gasteiger partial charge in [-0.15, -0.1) is 0 Å². The number of halogens is 1. The fourth-order valence-corrected chi connectivity index (χ4v) is 3.95. The average Bonchev–Trinajstić information content (AvgIpc) is 3.10. The Morgan fingerprint density at radius 3 is 2.76 bits per heavy atom. The van der Waals surface area contributed by atoms with Crippen LogP contribution in [0.2, 0.25) is 0 Å². The molecule has 2 saturated heterocycles. The van der Waals surface area contributed by atoms with Gasteiger partial charge >= 0.3 is 0 Å². The number of hydrogen-bond acceptors (Lipinski definition) is 4. The minimum atomic E-state index is -0.373. The first kappa shape index (κ1) is 16.1. The van der Waals surface area contributed by atoms with Crippen molar-refractivity contribution in [1.82, 2.24) is 20.4 Å². The fraction of sp³-hybridized carbons (Fsp3) is 0.444. The molecular weight excluding hydrogens is 323 g/mol. The third-order valence-electron chi connectivity index (χ3n) is 5.12. The lowest BCUT2D eigenvalue weighted by Crippen LogP contribution is -2.48. The highest BCUT2D eigenvalue weighted by Crippen LogP contribution is 2.27. The summed E-state index contributed by atoms with van der Waals surface area (Å²) in [5.41, 5.74) is 1.29. The van der Waals surface area contributed by atoms with Crippen molar-refractivity contribution in [2.75, 3.05) is 0 Å². The van der Waals surface area contributed by atoms with Gasteiger partial charge in [0.2, 0.25) is 0 Å². The Morgan fingerprint density at radius 1 is 1.36 bits per heavy atom. The minimum Gasteiger partial charge on any atom is -0.504 e. The number of piperidine rings is 1. The molecule has 0 spiro atoms. The highest BCUT2D eigenvalue weighted by molar-refractivity contribution is 5.95. The second kappa shape index (κ2) is 6.15. The number of carbonyl (C=O) groups is 1. The molecule has 6 nitrogen and oxygen atoms in total. The number of aromatic hydroxyl groups is 1. The molecule has 2 bridgehead atoms. The van der Waals surface area contributed by atoms with E-state index in [1.165, 1.54) is 23.0 Å². The molecule has 2 aliphatic heterocycles. The summed E-state index contributed by atoms with van der Waals surface area (Å²) in [4.78, 5) is 12.5. The van der Waals surface area contributed by atoms with E-state index in [1.807, 2.05) is 0 Å². The topological polar surface area (TPSA) is 79.2 Å². The average molecular weight is 344 g/mol. The van der Waals surface area contributed by atoms with E-state index in [4.69, 9.17) is 0 Å². The van der Waals surface area contributed by atoms with Gasteiger partial charge in [-0.05, 0) is 56.4 Å². The Balaban J connectivity index is 1.52. The summed E-state index contributed by atoms with van der Waals surface area (Å²) in [6.07, 6.45) is 5.49. The summed E-state index contributed by atoms with van der Waals surface area (Å²) in [7, 11) is 0. The van der Waals surface area contributed by atoms with Gasteiger partial charge in [0.1, 0.15) is 5.82 Å². The molecule has 1 aromatic heterocycles. The van der Waals surface area contributed by atoms with Crippen LogP contribution in [-0.4, -0.2) is 38.9 Å². The lowest BCUT2D eigenvalue weighted by atomic mass is 10.00. The van der Waals surface area contributed by atoms with E-state index < -0.39 is 0 Å². The van der Waals surface area contributed by atoms with Crippen LogP contribution in [0.15, 0.2) is 24.4 Å². The van der Waals surface area contributed by atoms with Crippen molar-refractivity contribution >= 4 is 5.91 Å². The van der Waals surface area contributed by atoms with E-state index in [-0.39, 0.29) is 29.2 Å². The summed E-state index contributed by atoms with van der Waals surface area (Å²) in [5, 5.41) is 20.9. The van der Waals surface area contributed by atoms with Crippen molar-refractivity contribution in [3.8, 4) is 11.4 Å².